The number of aliphatic carboxylic acids is 1. The van der Waals surface area contributed by atoms with Crippen LogP contribution in [0.2, 0.25) is 0 Å². The maximum absolute atomic E-state index is 12.5. The van der Waals surface area contributed by atoms with Gasteiger partial charge in [0.05, 0.1) is 11.8 Å². The number of carbonyl (C=O) groups excluding carboxylic acids is 1. The number of para-hydroxylation sites is 1. The van der Waals surface area contributed by atoms with Crippen LogP contribution < -0.4 is 5.32 Å². The molecule has 1 aromatic carbocycles. The van der Waals surface area contributed by atoms with Gasteiger partial charge in [0.2, 0.25) is 11.1 Å². The van der Waals surface area contributed by atoms with Gasteiger partial charge in [0.25, 0.3) is 0 Å². The molecule has 2 aromatic heterocycles. The molecule has 0 aliphatic heterocycles. The number of fused-ring (bicyclic) bond motifs is 1. The molecule has 3 N–H and O–H groups in total. The summed E-state index contributed by atoms with van der Waals surface area (Å²) in [6, 6.07) is 6.95. The van der Waals surface area contributed by atoms with Gasteiger partial charge in [0, 0.05) is 23.5 Å². The van der Waals surface area contributed by atoms with Gasteiger partial charge in [0.1, 0.15) is 6.04 Å². The molecule has 0 radical (unpaired) electrons. The van der Waals surface area contributed by atoms with Crippen molar-refractivity contribution in [1.29, 1.82) is 0 Å². The highest BCUT2D eigenvalue weighted by atomic mass is 32.2. The van der Waals surface area contributed by atoms with Crippen LogP contribution in [-0.2, 0) is 16.0 Å². The van der Waals surface area contributed by atoms with E-state index < -0.39 is 12.0 Å². The summed E-state index contributed by atoms with van der Waals surface area (Å²) < 4.78 is 1.80. The van der Waals surface area contributed by atoms with Gasteiger partial charge in [-0.1, -0.05) is 49.2 Å². The number of benzene rings is 1. The molecule has 4 rings (SSSR count). The third-order valence-corrected chi connectivity index (χ3v) is 6.38. The van der Waals surface area contributed by atoms with Crippen molar-refractivity contribution in [3.05, 3.63) is 36.0 Å². The number of carboxylic acids is 1. The standard InChI is InChI=1S/C20H24N6O3S/c27-18(12-30-20-23-24-25-26(20)14-6-2-1-3-7-14)22-17(19(28)29)10-13-11-21-16-9-5-4-8-15(13)16/h4-5,8-9,11,14,17,21H,1-3,6-7,10,12H2,(H,22,27)(H,28,29)/t17-/m1/s1. The van der Waals surface area contributed by atoms with Gasteiger partial charge in [-0.2, -0.15) is 0 Å². The van der Waals surface area contributed by atoms with Crippen LogP contribution in [0.15, 0.2) is 35.6 Å². The number of tetrazole rings is 1. The number of thioether (sulfide) groups is 1. The Hall–Kier alpha value is -2.88. The Kier molecular flexibility index (Phi) is 6.32. The fourth-order valence-electron chi connectivity index (χ4n) is 3.92. The minimum atomic E-state index is -1.06. The summed E-state index contributed by atoms with van der Waals surface area (Å²) in [6.45, 7) is 0. The van der Waals surface area contributed by atoms with Crippen LogP contribution in [-0.4, -0.2) is 54.0 Å². The van der Waals surface area contributed by atoms with Crippen molar-refractivity contribution >= 4 is 34.5 Å². The second-order valence-corrected chi connectivity index (χ2v) is 8.45. The first-order valence-corrected chi connectivity index (χ1v) is 11.1. The molecule has 1 aliphatic rings. The molecule has 3 aromatic rings. The van der Waals surface area contributed by atoms with Gasteiger partial charge in [-0.05, 0) is 34.9 Å². The van der Waals surface area contributed by atoms with Gasteiger partial charge >= 0.3 is 5.97 Å². The Morgan fingerprint density at radius 2 is 2.07 bits per heavy atom. The number of carbonyl (C=O) groups is 2. The quantitative estimate of drug-likeness (QED) is 0.471. The molecule has 1 atom stereocenters. The van der Waals surface area contributed by atoms with Gasteiger partial charge in [-0.3, -0.25) is 4.79 Å². The Labute approximate surface area is 177 Å². The van der Waals surface area contributed by atoms with Gasteiger partial charge in [-0.25, -0.2) is 9.48 Å². The average molecular weight is 429 g/mol. The van der Waals surface area contributed by atoms with Crippen LogP contribution in [0.1, 0.15) is 43.7 Å². The smallest absolute Gasteiger partial charge is 0.326 e. The molecular weight excluding hydrogens is 404 g/mol. The Bertz CT molecular complexity index is 1030. The molecule has 30 heavy (non-hydrogen) atoms. The summed E-state index contributed by atoms with van der Waals surface area (Å²) in [6.07, 6.45) is 7.62. The molecule has 1 saturated carbocycles. The highest BCUT2D eigenvalue weighted by Gasteiger charge is 2.24. The third kappa shape index (κ3) is 4.64. The number of amides is 1. The van der Waals surface area contributed by atoms with Crippen LogP contribution in [0.25, 0.3) is 10.9 Å². The summed E-state index contributed by atoms with van der Waals surface area (Å²) in [4.78, 5) is 27.3. The van der Waals surface area contributed by atoms with E-state index in [0.717, 1.165) is 42.1 Å². The van der Waals surface area contributed by atoms with E-state index in [4.69, 9.17) is 0 Å². The molecule has 1 fully saturated rings. The second kappa shape index (κ2) is 9.29. The first kappa shape index (κ1) is 20.4. The van der Waals surface area contributed by atoms with Gasteiger partial charge in [-0.15, -0.1) is 5.10 Å². The minimum absolute atomic E-state index is 0.0603. The molecule has 1 aliphatic carbocycles. The number of rotatable bonds is 8. The highest BCUT2D eigenvalue weighted by molar-refractivity contribution is 7.99. The molecule has 2 heterocycles. The largest absolute Gasteiger partial charge is 0.480 e. The number of nitrogens with zero attached hydrogens (tertiary/aromatic N) is 4. The van der Waals surface area contributed by atoms with Crippen LogP contribution in [0.4, 0.5) is 0 Å². The molecule has 10 heteroatoms. The zero-order chi connectivity index (χ0) is 20.9. The number of H-pyrrole nitrogens is 1. The number of aromatic nitrogens is 5. The lowest BCUT2D eigenvalue weighted by Gasteiger charge is -2.22. The maximum atomic E-state index is 12.5. The zero-order valence-electron chi connectivity index (χ0n) is 16.5. The minimum Gasteiger partial charge on any atom is -0.480 e. The van der Waals surface area contributed by atoms with Crippen LogP contribution >= 0.6 is 11.8 Å². The summed E-state index contributed by atoms with van der Waals surface area (Å²) >= 11 is 1.24. The van der Waals surface area contributed by atoms with Crippen molar-refractivity contribution < 1.29 is 14.7 Å². The zero-order valence-corrected chi connectivity index (χ0v) is 17.3. The Morgan fingerprint density at radius 1 is 1.27 bits per heavy atom. The van der Waals surface area contributed by atoms with Crippen molar-refractivity contribution in [2.24, 2.45) is 0 Å². The van der Waals surface area contributed by atoms with E-state index in [2.05, 4.69) is 25.8 Å². The SMILES string of the molecule is O=C(CSc1nnnn1C1CCCCC1)N[C@H](Cc1c[nH]c2ccccc12)C(=O)O. The molecule has 0 unspecified atom stereocenters. The summed E-state index contributed by atoms with van der Waals surface area (Å²) in [5, 5.41) is 25.7. The van der Waals surface area contributed by atoms with E-state index >= 15 is 0 Å². The van der Waals surface area contributed by atoms with Crippen LogP contribution in [0.5, 0.6) is 0 Å². The van der Waals surface area contributed by atoms with Gasteiger partial charge < -0.3 is 15.4 Å². The van der Waals surface area contributed by atoms with Crippen molar-refractivity contribution in [3.63, 3.8) is 0 Å². The van der Waals surface area contributed by atoms with E-state index in [1.807, 2.05) is 24.3 Å². The number of carboxylic acid groups (broad SMARTS) is 1. The van der Waals surface area contributed by atoms with E-state index in [-0.39, 0.29) is 24.1 Å². The first-order chi connectivity index (χ1) is 14.6. The second-order valence-electron chi connectivity index (χ2n) is 7.51. The summed E-state index contributed by atoms with van der Waals surface area (Å²) in [5.41, 5.74) is 1.79. The average Bonchev–Trinajstić information content (AvgIpc) is 3.39. The molecule has 9 nitrogen and oxygen atoms in total. The van der Waals surface area contributed by atoms with Crippen LogP contribution in [0, 0.1) is 0 Å². The van der Waals surface area contributed by atoms with Crippen molar-refractivity contribution in [1.82, 2.24) is 30.5 Å². The molecule has 158 valence electrons. The lowest BCUT2D eigenvalue weighted by atomic mass is 9.96. The van der Waals surface area contributed by atoms with Gasteiger partial charge in [0.15, 0.2) is 0 Å². The third-order valence-electron chi connectivity index (χ3n) is 5.45. The predicted molar refractivity (Wildman–Crippen MR) is 112 cm³/mol. The van der Waals surface area contributed by atoms with E-state index in [1.165, 1.54) is 18.2 Å². The highest BCUT2D eigenvalue weighted by Crippen LogP contribution is 2.30. The molecule has 1 amide bonds. The topological polar surface area (TPSA) is 126 Å². The number of aromatic amines is 1. The summed E-state index contributed by atoms with van der Waals surface area (Å²) in [7, 11) is 0. The fourth-order valence-corrected chi connectivity index (χ4v) is 4.68. The Balaban J connectivity index is 1.36. The predicted octanol–water partition coefficient (Wildman–Crippen LogP) is 2.56. The number of hydrogen-bond acceptors (Lipinski definition) is 6. The first-order valence-electron chi connectivity index (χ1n) is 10.1. The summed E-state index contributed by atoms with van der Waals surface area (Å²) in [5.74, 6) is -1.36. The lowest BCUT2D eigenvalue weighted by Crippen LogP contribution is -2.43. The molecule has 0 spiro atoms. The van der Waals surface area contributed by atoms with E-state index in [1.54, 1.807) is 10.9 Å². The van der Waals surface area contributed by atoms with E-state index in [0.29, 0.717) is 5.16 Å². The number of hydrogen-bond donors (Lipinski definition) is 3. The van der Waals surface area contributed by atoms with Crippen molar-refractivity contribution in [3.8, 4) is 0 Å². The molecule has 0 bridgehead atoms. The normalized spacial score (nSPS) is 15.9. The maximum Gasteiger partial charge on any atom is 0.326 e. The molecule has 0 saturated heterocycles. The Morgan fingerprint density at radius 3 is 2.87 bits per heavy atom. The monoisotopic (exact) mass is 428 g/mol. The van der Waals surface area contributed by atoms with Crippen molar-refractivity contribution in [2.45, 2.75) is 55.8 Å². The molecular formula is C20H24N6O3S. The lowest BCUT2D eigenvalue weighted by molar-refractivity contribution is -0.141. The van der Waals surface area contributed by atoms with Crippen molar-refractivity contribution in [2.75, 3.05) is 5.75 Å². The fraction of sp³-hybridized carbons (Fsp3) is 0.450. The van der Waals surface area contributed by atoms with Crippen LogP contribution in [0.3, 0.4) is 0 Å². The number of nitrogens with one attached hydrogen (secondary N) is 2. The van der Waals surface area contributed by atoms with E-state index in [9.17, 15) is 14.7 Å².